The smallest absolute Gasteiger partial charge is 0.220 e. The number of nitrogens with one attached hydrogen (secondary N) is 1. The zero-order chi connectivity index (χ0) is 9.54. The molecular weight excluding hydrogens is 176 g/mol. The van der Waals surface area contributed by atoms with Crippen LogP contribution in [-0.4, -0.2) is 15.0 Å². The molecule has 0 aliphatic carbocycles. The highest BCUT2D eigenvalue weighted by Gasteiger charge is 2.02. The maximum atomic E-state index is 5.55. The Morgan fingerprint density at radius 1 is 1.21 bits per heavy atom. The van der Waals surface area contributed by atoms with Gasteiger partial charge in [-0.2, -0.15) is 0 Å². The van der Waals surface area contributed by atoms with Crippen molar-refractivity contribution in [3.05, 3.63) is 30.6 Å². The van der Waals surface area contributed by atoms with Gasteiger partial charge in [0.1, 0.15) is 0 Å². The summed E-state index contributed by atoms with van der Waals surface area (Å²) >= 11 is 0. The number of H-pyrrole nitrogens is 1. The second kappa shape index (κ2) is 2.45. The first kappa shape index (κ1) is 7.32. The van der Waals surface area contributed by atoms with Gasteiger partial charge in [0.2, 0.25) is 5.95 Å². The summed E-state index contributed by atoms with van der Waals surface area (Å²) in [6.45, 7) is 0. The molecule has 0 atom stereocenters. The van der Waals surface area contributed by atoms with E-state index in [2.05, 4.69) is 15.0 Å². The molecule has 0 unspecified atom stereocenters. The van der Waals surface area contributed by atoms with E-state index >= 15 is 0 Å². The standard InChI is InChI=1S/C10H8N4/c11-10-13-5-6-1-2-8-7(3-4-12-8)9(6)14-10/h1-5,12H,(H2,11,13,14). The molecular formula is C10H8N4. The lowest BCUT2D eigenvalue weighted by Gasteiger charge is -1.98. The zero-order valence-electron chi connectivity index (χ0n) is 7.36. The van der Waals surface area contributed by atoms with Gasteiger partial charge in [-0.3, -0.25) is 0 Å². The number of aromatic nitrogens is 3. The molecule has 0 bridgehead atoms. The van der Waals surface area contributed by atoms with Crippen LogP contribution < -0.4 is 5.73 Å². The van der Waals surface area contributed by atoms with Gasteiger partial charge in [-0.05, 0) is 18.2 Å². The average molecular weight is 184 g/mol. The van der Waals surface area contributed by atoms with E-state index in [0.29, 0.717) is 5.95 Å². The van der Waals surface area contributed by atoms with Crippen LogP contribution in [0.5, 0.6) is 0 Å². The van der Waals surface area contributed by atoms with Gasteiger partial charge < -0.3 is 10.7 Å². The Bertz CT molecular complexity index is 612. The summed E-state index contributed by atoms with van der Waals surface area (Å²) < 4.78 is 0. The fraction of sp³-hybridized carbons (Fsp3) is 0. The van der Waals surface area contributed by atoms with Gasteiger partial charge in [-0.15, -0.1) is 0 Å². The molecule has 0 amide bonds. The van der Waals surface area contributed by atoms with E-state index in [4.69, 9.17) is 5.73 Å². The van der Waals surface area contributed by atoms with E-state index in [-0.39, 0.29) is 0 Å². The number of benzene rings is 1. The summed E-state index contributed by atoms with van der Waals surface area (Å²) in [4.78, 5) is 11.3. The summed E-state index contributed by atoms with van der Waals surface area (Å²) in [5, 5.41) is 2.09. The van der Waals surface area contributed by atoms with E-state index in [1.54, 1.807) is 6.20 Å². The van der Waals surface area contributed by atoms with Gasteiger partial charge in [-0.1, -0.05) is 0 Å². The molecule has 0 saturated carbocycles. The largest absolute Gasteiger partial charge is 0.368 e. The van der Waals surface area contributed by atoms with Gasteiger partial charge in [-0.25, -0.2) is 9.97 Å². The normalized spacial score (nSPS) is 11.1. The fourth-order valence-corrected chi connectivity index (χ4v) is 1.64. The molecule has 0 radical (unpaired) electrons. The first-order valence-electron chi connectivity index (χ1n) is 4.33. The molecule has 4 nitrogen and oxygen atoms in total. The minimum Gasteiger partial charge on any atom is -0.368 e. The summed E-state index contributed by atoms with van der Waals surface area (Å²) in [6, 6.07) is 5.98. The van der Waals surface area contributed by atoms with Crippen molar-refractivity contribution in [2.24, 2.45) is 0 Å². The van der Waals surface area contributed by atoms with Crippen LogP contribution in [0.1, 0.15) is 0 Å². The molecule has 0 aliphatic rings. The molecule has 0 fully saturated rings. The maximum Gasteiger partial charge on any atom is 0.220 e. The number of fused-ring (bicyclic) bond motifs is 3. The molecule has 3 rings (SSSR count). The van der Waals surface area contributed by atoms with Crippen molar-refractivity contribution in [1.29, 1.82) is 0 Å². The molecule has 2 aromatic heterocycles. The summed E-state index contributed by atoms with van der Waals surface area (Å²) in [6.07, 6.45) is 3.63. The van der Waals surface area contributed by atoms with E-state index in [1.807, 2.05) is 24.4 Å². The highest BCUT2D eigenvalue weighted by atomic mass is 15.0. The van der Waals surface area contributed by atoms with Crippen LogP contribution in [0.2, 0.25) is 0 Å². The molecule has 2 heterocycles. The predicted octanol–water partition coefficient (Wildman–Crippen LogP) is 1.69. The number of aromatic amines is 1. The van der Waals surface area contributed by atoms with Gasteiger partial charge in [0.25, 0.3) is 0 Å². The number of nitrogen functional groups attached to an aromatic ring is 1. The summed E-state index contributed by atoms with van der Waals surface area (Å²) in [7, 11) is 0. The highest BCUT2D eigenvalue weighted by Crippen LogP contribution is 2.22. The zero-order valence-corrected chi connectivity index (χ0v) is 7.36. The van der Waals surface area contributed by atoms with Crippen molar-refractivity contribution in [1.82, 2.24) is 15.0 Å². The minimum absolute atomic E-state index is 0.311. The Kier molecular flexibility index (Phi) is 1.28. The van der Waals surface area contributed by atoms with Crippen LogP contribution >= 0.6 is 0 Å². The molecule has 1 aromatic carbocycles. The molecule has 4 heteroatoms. The van der Waals surface area contributed by atoms with E-state index in [9.17, 15) is 0 Å². The van der Waals surface area contributed by atoms with Gasteiger partial charge >= 0.3 is 0 Å². The fourth-order valence-electron chi connectivity index (χ4n) is 1.64. The third-order valence-electron chi connectivity index (χ3n) is 2.30. The van der Waals surface area contributed by atoms with Gasteiger partial charge in [0, 0.05) is 28.7 Å². The van der Waals surface area contributed by atoms with E-state index in [1.165, 1.54) is 0 Å². The number of hydrogen-bond donors (Lipinski definition) is 2. The van der Waals surface area contributed by atoms with Crippen LogP contribution in [0.15, 0.2) is 30.6 Å². The SMILES string of the molecule is Nc1ncc2ccc3[nH]ccc3c2n1. The summed E-state index contributed by atoms with van der Waals surface area (Å²) in [5.41, 5.74) is 7.52. The quantitative estimate of drug-likeness (QED) is 0.558. The lowest BCUT2D eigenvalue weighted by Crippen LogP contribution is -1.93. The Labute approximate surface area is 79.8 Å². The molecule has 3 aromatic rings. The van der Waals surface area contributed by atoms with Gasteiger partial charge in [0.05, 0.1) is 5.52 Å². The third kappa shape index (κ3) is 0.877. The number of nitrogens with zero attached hydrogens (tertiary/aromatic N) is 2. The van der Waals surface area contributed by atoms with Gasteiger partial charge in [0.15, 0.2) is 0 Å². The average Bonchev–Trinajstić information content (AvgIpc) is 2.65. The minimum atomic E-state index is 0.311. The van der Waals surface area contributed by atoms with E-state index in [0.717, 1.165) is 21.8 Å². The Morgan fingerprint density at radius 2 is 2.14 bits per heavy atom. The summed E-state index contributed by atoms with van der Waals surface area (Å²) in [5.74, 6) is 0.311. The van der Waals surface area contributed by atoms with Crippen molar-refractivity contribution in [2.45, 2.75) is 0 Å². The Morgan fingerprint density at radius 3 is 3.07 bits per heavy atom. The van der Waals surface area contributed by atoms with Crippen LogP contribution in [0.25, 0.3) is 21.8 Å². The predicted molar refractivity (Wildman–Crippen MR) is 55.8 cm³/mol. The second-order valence-electron chi connectivity index (χ2n) is 3.17. The topological polar surface area (TPSA) is 67.6 Å². The molecule has 14 heavy (non-hydrogen) atoms. The van der Waals surface area contributed by atoms with Crippen LogP contribution in [-0.2, 0) is 0 Å². The van der Waals surface area contributed by atoms with Crippen LogP contribution in [0.4, 0.5) is 5.95 Å². The lowest BCUT2D eigenvalue weighted by atomic mass is 10.2. The number of hydrogen-bond acceptors (Lipinski definition) is 3. The second-order valence-corrected chi connectivity index (χ2v) is 3.17. The third-order valence-corrected chi connectivity index (χ3v) is 2.30. The van der Waals surface area contributed by atoms with Crippen molar-refractivity contribution in [3.8, 4) is 0 Å². The van der Waals surface area contributed by atoms with Crippen LogP contribution in [0.3, 0.4) is 0 Å². The molecule has 0 saturated heterocycles. The first-order chi connectivity index (χ1) is 6.84. The Hall–Kier alpha value is -2.10. The molecule has 0 aliphatic heterocycles. The van der Waals surface area contributed by atoms with Crippen molar-refractivity contribution < 1.29 is 0 Å². The molecule has 3 N–H and O–H groups in total. The highest BCUT2D eigenvalue weighted by molar-refractivity contribution is 6.03. The van der Waals surface area contributed by atoms with Crippen LogP contribution in [0, 0.1) is 0 Å². The number of nitrogens with two attached hydrogens (primary N) is 1. The molecule has 0 spiro atoms. The molecule has 68 valence electrons. The number of anilines is 1. The van der Waals surface area contributed by atoms with Crippen molar-refractivity contribution in [3.63, 3.8) is 0 Å². The van der Waals surface area contributed by atoms with E-state index < -0.39 is 0 Å². The Balaban J connectivity index is 2.60. The maximum absolute atomic E-state index is 5.55. The van der Waals surface area contributed by atoms with Crippen molar-refractivity contribution >= 4 is 27.8 Å². The number of rotatable bonds is 0. The monoisotopic (exact) mass is 184 g/mol. The first-order valence-corrected chi connectivity index (χ1v) is 4.33. The lowest BCUT2D eigenvalue weighted by molar-refractivity contribution is 1.24. The van der Waals surface area contributed by atoms with Crippen molar-refractivity contribution in [2.75, 3.05) is 5.73 Å².